The molecular formula is C32H42O7. The molecule has 212 valence electrons. The lowest BCUT2D eigenvalue weighted by molar-refractivity contribution is -0.156. The van der Waals surface area contributed by atoms with Crippen LogP contribution >= 0.6 is 0 Å². The van der Waals surface area contributed by atoms with Gasteiger partial charge in [-0.3, -0.25) is 14.4 Å². The molecule has 0 aromatic carbocycles. The third-order valence-electron chi connectivity index (χ3n) is 12.1. The van der Waals surface area contributed by atoms with E-state index in [4.69, 9.17) is 14.2 Å². The molecule has 6 rings (SSSR count). The first-order chi connectivity index (χ1) is 18.5. The maximum Gasteiger partial charge on any atom is 0.337 e. The highest BCUT2D eigenvalue weighted by molar-refractivity contribution is 6.15. The summed E-state index contributed by atoms with van der Waals surface area (Å²) >= 11 is 0. The van der Waals surface area contributed by atoms with Crippen molar-refractivity contribution in [3.8, 4) is 0 Å². The summed E-state index contributed by atoms with van der Waals surface area (Å²) in [6.07, 6.45) is 9.24. The zero-order chi connectivity index (χ0) is 27.9. The van der Waals surface area contributed by atoms with E-state index in [2.05, 4.69) is 13.8 Å². The van der Waals surface area contributed by atoms with Crippen LogP contribution in [0.15, 0.2) is 23.3 Å². The minimum absolute atomic E-state index is 0.0171. The summed E-state index contributed by atoms with van der Waals surface area (Å²) in [4.78, 5) is 51.1. The van der Waals surface area contributed by atoms with Crippen molar-refractivity contribution in [3.63, 3.8) is 0 Å². The Labute approximate surface area is 231 Å². The first-order valence-electron chi connectivity index (χ1n) is 15.0. The Balaban J connectivity index is 1.19. The smallest absolute Gasteiger partial charge is 0.337 e. The van der Waals surface area contributed by atoms with Gasteiger partial charge in [0.25, 0.3) is 0 Å². The predicted octanol–water partition coefficient (Wildman–Crippen LogP) is 4.91. The van der Waals surface area contributed by atoms with Gasteiger partial charge in [-0.2, -0.15) is 0 Å². The molecule has 0 unspecified atom stereocenters. The Hall–Kier alpha value is -2.28. The van der Waals surface area contributed by atoms with Crippen LogP contribution < -0.4 is 0 Å². The van der Waals surface area contributed by atoms with Crippen LogP contribution in [0.1, 0.15) is 86.0 Å². The monoisotopic (exact) mass is 538 g/mol. The Morgan fingerprint density at radius 1 is 1.10 bits per heavy atom. The molecular weight excluding hydrogens is 496 g/mol. The van der Waals surface area contributed by atoms with E-state index in [0.717, 1.165) is 37.7 Å². The fourth-order valence-electron chi connectivity index (χ4n) is 9.92. The van der Waals surface area contributed by atoms with Gasteiger partial charge >= 0.3 is 11.9 Å². The van der Waals surface area contributed by atoms with Gasteiger partial charge in [-0.05, 0) is 99.5 Å². The second kappa shape index (κ2) is 9.12. The third kappa shape index (κ3) is 3.63. The first kappa shape index (κ1) is 26.9. The first-order valence-corrected chi connectivity index (χ1v) is 15.0. The van der Waals surface area contributed by atoms with Crippen LogP contribution in [0.25, 0.3) is 0 Å². The Morgan fingerprint density at radius 3 is 2.56 bits per heavy atom. The summed E-state index contributed by atoms with van der Waals surface area (Å²) in [5.74, 6) is 0.939. The molecule has 10 atom stereocenters. The molecule has 1 saturated heterocycles. The Kier molecular flexibility index (Phi) is 6.29. The molecule has 0 amide bonds. The number of rotatable bonds is 6. The highest BCUT2D eigenvalue weighted by atomic mass is 16.6. The molecule has 2 heterocycles. The largest absolute Gasteiger partial charge is 0.461 e. The van der Waals surface area contributed by atoms with Gasteiger partial charge in [0.2, 0.25) is 0 Å². The average molecular weight is 539 g/mol. The van der Waals surface area contributed by atoms with E-state index >= 15 is 0 Å². The average Bonchev–Trinajstić information content (AvgIpc) is 3.52. The summed E-state index contributed by atoms with van der Waals surface area (Å²) < 4.78 is 17.5. The van der Waals surface area contributed by atoms with E-state index < -0.39 is 11.0 Å². The molecule has 0 aromatic rings. The van der Waals surface area contributed by atoms with Crippen molar-refractivity contribution in [2.75, 3.05) is 6.61 Å². The van der Waals surface area contributed by atoms with Crippen molar-refractivity contribution in [1.29, 1.82) is 0 Å². The summed E-state index contributed by atoms with van der Waals surface area (Å²) in [6.45, 7) is 10.5. The van der Waals surface area contributed by atoms with Crippen LogP contribution in [-0.2, 0) is 33.4 Å². The van der Waals surface area contributed by atoms with Gasteiger partial charge < -0.3 is 14.2 Å². The molecule has 7 heteroatoms. The van der Waals surface area contributed by atoms with Gasteiger partial charge in [0, 0.05) is 12.8 Å². The number of hydrogen-bond donors (Lipinski definition) is 0. The lowest BCUT2D eigenvalue weighted by Crippen LogP contribution is -2.62. The van der Waals surface area contributed by atoms with Gasteiger partial charge in [-0.15, -0.1) is 0 Å². The van der Waals surface area contributed by atoms with Crippen molar-refractivity contribution in [2.24, 2.45) is 40.4 Å². The van der Waals surface area contributed by atoms with Crippen LogP contribution in [0.5, 0.6) is 0 Å². The van der Waals surface area contributed by atoms with Crippen LogP contribution in [-0.4, -0.2) is 47.9 Å². The maximum absolute atomic E-state index is 13.3. The molecule has 7 nitrogen and oxygen atoms in total. The van der Waals surface area contributed by atoms with E-state index in [0.29, 0.717) is 42.6 Å². The predicted molar refractivity (Wildman–Crippen MR) is 142 cm³/mol. The Morgan fingerprint density at radius 2 is 1.85 bits per heavy atom. The fourth-order valence-corrected chi connectivity index (χ4v) is 9.92. The zero-order valence-corrected chi connectivity index (χ0v) is 23.9. The van der Waals surface area contributed by atoms with Crippen molar-refractivity contribution >= 4 is 23.5 Å². The van der Waals surface area contributed by atoms with Gasteiger partial charge in [0.05, 0.1) is 17.1 Å². The topological polar surface area (TPSA) is 99.3 Å². The number of esters is 2. The molecule has 0 bridgehead atoms. The molecule has 0 radical (unpaired) electrons. The molecule has 6 aliphatic rings. The number of allylic oxidation sites excluding steroid dienone is 1. The number of ketones is 2. The van der Waals surface area contributed by atoms with Gasteiger partial charge in [0.1, 0.15) is 12.7 Å². The zero-order valence-electron chi connectivity index (χ0n) is 23.9. The quantitative estimate of drug-likeness (QED) is 0.350. The summed E-state index contributed by atoms with van der Waals surface area (Å²) in [5.41, 5.74) is -0.185. The van der Waals surface area contributed by atoms with Crippen molar-refractivity contribution < 1.29 is 33.4 Å². The molecule has 0 N–H and O–H groups in total. The van der Waals surface area contributed by atoms with Crippen LogP contribution in [0, 0.1) is 40.4 Å². The highest BCUT2D eigenvalue weighted by Crippen LogP contribution is 2.72. The second-order valence-electron chi connectivity index (χ2n) is 13.6. The number of carbonyl (C=O) groups is 4. The molecule has 0 aromatic heterocycles. The minimum Gasteiger partial charge on any atom is -0.461 e. The van der Waals surface area contributed by atoms with Crippen molar-refractivity contribution in [3.05, 3.63) is 23.3 Å². The third-order valence-corrected chi connectivity index (χ3v) is 12.1. The summed E-state index contributed by atoms with van der Waals surface area (Å²) in [7, 11) is 0. The molecule has 2 aliphatic heterocycles. The molecule has 4 fully saturated rings. The van der Waals surface area contributed by atoms with Gasteiger partial charge in [-0.1, -0.05) is 26.3 Å². The van der Waals surface area contributed by atoms with E-state index in [1.807, 2.05) is 20.8 Å². The van der Waals surface area contributed by atoms with Crippen molar-refractivity contribution in [2.45, 2.75) is 104 Å². The lowest BCUT2D eigenvalue weighted by Gasteiger charge is -2.57. The van der Waals surface area contributed by atoms with Gasteiger partial charge in [-0.25, -0.2) is 4.79 Å². The van der Waals surface area contributed by atoms with E-state index in [-0.39, 0.29) is 59.6 Å². The number of cyclic esters (lactones) is 1. The number of hydrogen-bond acceptors (Lipinski definition) is 7. The highest BCUT2D eigenvalue weighted by Gasteiger charge is 2.80. The summed E-state index contributed by atoms with van der Waals surface area (Å²) in [5, 5.41) is 0. The number of ether oxygens (including phenoxy) is 3. The summed E-state index contributed by atoms with van der Waals surface area (Å²) in [6, 6.07) is 0. The SMILES string of the molecule is CCCC(=O)OCC1=C(C)C[C@H]([C@@H](C)[C@H]2CC[C@H]3[C@@H]4C[C@H]5O[C@]56C(=O)C=CC(=O)[C@]6(C)[C@H]4CC[C@]23C)OC1=O. The molecule has 4 aliphatic carbocycles. The molecule has 3 saturated carbocycles. The lowest BCUT2D eigenvalue weighted by atomic mass is 9.44. The molecule has 39 heavy (non-hydrogen) atoms. The van der Waals surface area contributed by atoms with E-state index in [1.54, 1.807) is 0 Å². The van der Waals surface area contributed by atoms with E-state index in [9.17, 15) is 19.2 Å². The molecule has 1 spiro atoms. The van der Waals surface area contributed by atoms with Crippen LogP contribution in [0.2, 0.25) is 0 Å². The van der Waals surface area contributed by atoms with Crippen LogP contribution in [0.4, 0.5) is 0 Å². The fraction of sp³-hybridized carbons (Fsp3) is 0.750. The number of epoxide rings is 1. The number of carbonyl (C=O) groups excluding carboxylic acids is 4. The minimum atomic E-state index is -0.929. The van der Waals surface area contributed by atoms with E-state index in [1.165, 1.54) is 12.2 Å². The maximum atomic E-state index is 13.3. The van der Waals surface area contributed by atoms with Crippen molar-refractivity contribution in [1.82, 2.24) is 0 Å². The van der Waals surface area contributed by atoms with Gasteiger partial charge in [0.15, 0.2) is 17.2 Å². The normalized spacial score (nSPS) is 45.1. The number of fused-ring (bicyclic) bond motifs is 4. The second-order valence-corrected chi connectivity index (χ2v) is 13.6. The standard InChI is InChI=1S/C32H42O7/c1-6-7-28(35)37-16-20-17(2)14-24(38-29(20)36)18(3)21-8-9-22-19-15-27-32(39-27)26(34)11-10-25(33)31(32,5)23(19)12-13-30(21,22)4/h10-11,18-19,21-24,27H,6-9,12-16H2,1-5H3/t18-,19-,21+,22-,23-,24+,27+,30+,31-,32+/m0/s1. The van der Waals surface area contributed by atoms with Crippen LogP contribution in [0.3, 0.4) is 0 Å². The Bertz CT molecular complexity index is 1180.